The number of aromatic nitrogens is 6. The van der Waals surface area contributed by atoms with Gasteiger partial charge >= 0.3 is 21.3 Å². The highest BCUT2D eigenvalue weighted by Gasteiger charge is 2.47. The molecule has 5 heterocycles. The predicted octanol–water partition coefficient (Wildman–Crippen LogP) is -2.23. The summed E-state index contributed by atoms with van der Waals surface area (Å²) in [5.74, 6) is 0.00388. The summed E-state index contributed by atoms with van der Waals surface area (Å²) >= 11 is 0. The molecule has 0 amide bonds. The molecule has 230 valence electrons. The van der Waals surface area contributed by atoms with Gasteiger partial charge < -0.3 is 45.8 Å². The Morgan fingerprint density at radius 2 is 1.74 bits per heavy atom. The van der Waals surface area contributed by atoms with Crippen molar-refractivity contribution in [2.75, 3.05) is 24.7 Å². The van der Waals surface area contributed by atoms with Gasteiger partial charge in [0.25, 0.3) is 0 Å². The van der Waals surface area contributed by atoms with Crippen LogP contribution >= 0.6 is 15.6 Å². The number of rotatable bonds is 10. The number of aliphatic hydroxyl groups excluding tert-OH is 2. The number of fused-ring (bicyclic) bond motifs is 1. The molecule has 2 saturated heterocycles. The van der Waals surface area contributed by atoms with Crippen LogP contribution < -0.4 is 17.2 Å². The number of phosphoric ester groups is 2. The molecular weight excluding hydrogens is 610 g/mol. The number of phosphoric acid groups is 2. The molecule has 9 N–H and O–H groups in total. The number of nitrogen functional groups attached to an aromatic ring is 2. The summed E-state index contributed by atoms with van der Waals surface area (Å²) in [5, 5.41) is 21.1. The highest BCUT2D eigenvalue weighted by atomic mass is 31.2. The number of anilines is 2. The zero-order valence-corrected chi connectivity index (χ0v) is 23.0. The van der Waals surface area contributed by atoms with Gasteiger partial charge in [0.1, 0.15) is 54.4 Å². The maximum atomic E-state index is 12.9. The summed E-state index contributed by atoms with van der Waals surface area (Å²) in [6.07, 6.45) is -6.12. The van der Waals surface area contributed by atoms with Crippen LogP contribution in [-0.4, -0.2) is 97.7 Å². The fourth-order valence-corrected chi connectivity index (χ4v) is 5.77. The van der Waals surface area contributed by atoms with Crippen molar-refractivity contribution in [3.63, 3.8) is 0 Å². The lowest BCUT2D eigenvalue weighted by Crippen LogP contribution is -2.34. The zero-order chi connectivity index (χ0) is 30.4. The Morgan fingerprint density at radius 3 is 2.45 bits per heavy atom. The lowest BCUT2D eigenvalue weighted by atomic mass is 10.1. The van der Waals surface area contributed by atoms with Crippen LogP contribution in [0.2, 0.25) is 0 Å². The molecule has 3 aromatic rings. The summed E-state index contributed by atoms with van der Waals surface area (Å²) in [4.78, 5) is 56.3. The second-order valence-electron chi connectivity index (χ2n) is 9.23. The topological polar surface area (TPSA) is 312 Å². The summed E-state index contributed by atoms with van der Waals surface area (Å²) in [7, 11) is -9.96. The number of ether oxygens (including phenoxy) is 2. The van der Waals surface area contributed by atoms with Gasteiger partial charge in [0.2, 0.25) is 0 Å². The molecule has 23 heteroatoms. The van der Waals surface area contributed by atoms with E-state index < -0.39 is 77.5 Å². The highest BCUT2D eigenvalue weighted by Crippen LogP contribution is 2.49. The van der Waals surface area contributed by atoms with E-state index in [0.717, 1.165) is 4.57 Å². The molecular formula is C19H26N8O13P2. The van der Waals surface area contributed by atoms with Gasteiger partial charge in [-0.15, -0.1) is 0 Å². The van der Waals surface area contributed by atoms with Gasteiger partial charge in [0, 0.05) is 12.6 Å². The molecule has 5 rings (SSSR count). The van der Waals surface area contributed by atoms with Crippen LogP contribution in [0.1, 0.15) is 18.9 Å². The van der Waals surface area contributed by atoms with Crippen LogP contribution in [0.25, 0.3) is 11.2 Å². The number of imidazole rings is 1. The third-order valence-corrected chi connectivity index (χ3v) is 7.92. The summed E-state index contributed by atoms with van der Waals surface area (Å²) in [5.41, 5.74) is 10.9. The fraction of sp³-hybridized carbons (Fsp3) is 0.526. The Bertz CT molecular complexity index is 1600. The molecule has 0 saturated carbocycles. The Labute approximate surface area is 234 Å². The van der Waals surface area contributed by atoms with Gasteiger partial charge in [-0.05, 0) is 6.07 Å². The van der Waals surface area contributed by atoms with Crippen LogP contribution in [0.3, 0.4) is 0 Å². The third kappa shape index (κ3) is 6.52. The van der Waals surface area contributed by atoms with E-state index in [1.807, 2.05) is 0 Å². The molecule has 0 radical (unpaired) electrons. The van der Waals surface area contributed by atoms with Gasteiger partial charge in [0.05, 0.1) is 19.5 Å². The van der Waals surface area contributed by atoms with Gasteiger partial charge in [0.15, 0.2) is 17.7 Å². The molecule has 3 aromatic heterocycles. The number of nitrogens with two attached hydrogens (primary N) is 2. The molecule has 2 aliphatic heterocycles. The first-order valence-corrected chi connectivity index (χ1v) is 15.1. The lowest BCUT2D eigenvalue weighted by molar-refractivity contribution is -0.0588. The number of hydrogen-bond donors (Lipinski definition) is 7. The second kappa shape index (κ2) is 11.6. The average Bonchev–Trinajstić information content (AvgIpc) is 3.58. The molecule has 2 aliphatic rings. The van der Waals surface area contributed by atoms with Gasteiger partial charge in [-0.3, -0.25) is 22.7 Å². The lowest BCUT2D eigenvalue weighted by Gasteiger charge is -2.22. The first kappa shape index (κ1) is 30.5. The SMILES string of the molecule is Nc1ccn([C@H]2C[C@H](OP(=O)(O)OC[C@H]3O[C@@H](n4cnc5c(N)ncnc54)[C@H](O)C3O)[C@@H](COP(=O)(O)O)O2)c(=O)n1. The van der Waals surface area contributed by atoms with Crippen LogP contribution in [-0.2, 0) is 32.2 Å². The minimum Gasteiger partial charge on any atom is -0.387 e. The van der Waals surface area contributed by atoms with E-state index in [-0.39, 0.29) is 29.2 Å². The maximum absolute atomic E-state index is 12.9. The first-order valence-electron chi connectivity index (χ1n) is 12.0. The quantitative estimate of drug-likeness (QED) is 0.116. The van der Waals surface area contributed by atoms with Crippen molar-refractivity contribution in [1.82, 2.24) is 29.1 Å². The van der Waals surface area contributed by atoms with Crippen LogP contribution in [0.15, 0.2) is 29.7 Å². The van der Waals surface area contributed by atoms with Gasteiger partial charge in [-0.1, -0.05) is 0 Å². The molecule has 0 bridgehead atoms. The first-order chi connectivity index (χ1) is 19.7. The van der Waals surface area contributed by atoms with Crippen molar-refractivity contribution < 1.29 is 57.1 Å². The molecule has 21 nitrogen and oxygen atoms in total. The Kier molecular flexibility index (Phi) is 8.47. The maximum Gasteiger partial charge on any atom is 0.472 e. The van der Waals surface area contributed by atoms with Crippen molar-refractivity contribution in [2.24, 2.45) is 0 Å². The third-order valence-electron chi connectivity index (χ3n) is 6.42. The van der Waals surface area contributed by atoms with Crippen molar-refractivity contribution >= 4 is 38.4 Å². The van der Waals surface area contributed by atoms with Crippen LogP contribution in [0, 0.1) is 0 Å². The zero-order valence-electron chi connectivity index (χ0n) is 21.2. The Hall–Kier alpha value is -2.91. The Morgan fingerprint density at radius 1 is 1.00 bits per heavy atom. The van der Waals surface area contributed by atoms with E-state index in [2.05, 4.69) is 24.5 Å². The monoisotopic (exact) mass is 636 g/mol. The number of aliphatic hydroxyl groups is 2. The summed E-state index contributed by atoms with van der Waals surface area (Å²) in [6.45, 7) is -1.53. The van der Waals surface area contributed by atoms with Gasteiger partial charge in [-0.25, -0.2) is 28.9 Å². The normalized spacial score (nSPS) is 29.7. The summed E-state index contributed by atoms with van der Waals surface area (Å²) in [6, 6.07) is 1.29. The van der Waals surface area contributed by atoms with E-state index in [4.69, 9.17) is 39.8 Å². The molecule has 8 atom stereocenters. The van der Waals surface area contributed by atoms with E-state index in [1.54, 1.807) is 0 Å². The minimum atomic E-state index is -4.99. The largest absolute Gasteiger partial charge is 0.472 e. The molecule has 42 heavy (non-hydrogen) atoms. The molecule has 2 fully saturated rings. The van der Waals surface area contributed by atoms with Crippen molar-refractivity contribution in [3.05, 3.63) is 35.4 Å². The smallest absolute Gasteiger partial charge is 0.387 e. The number of hydrogen-bond acceptors (Lipinski definition) is 16. The minimum absolute atomic E-state index is 0.0704. The molecule has 0 aromatic carbocycles. The predicted molar refractivity (Wildman–Crippen MR) is 136 cm³/mol. The molecule has 0 aliphatic carbocycles. The van der Waals surface area contributed by atoms with Gasteiger partial charge in [-0.2, -0.15) is 4.98 Å². The van der Waals surface area contributed by atoms with Crippen LogP contribution in [0.5, 0.6) is 0 Å². The van der Waals surface area contributed by atoms with E-state index in [9.17, 15) is 29.0 Å². The second-order valence-corrected chi connectivity index (χ2v) is 11.9. The van der Waals surface area contributed by atoms with Crippen molar-refractivity contribution in [3.8, 4) is 0 Å². The Balaban J connectivity index is 1.26. The molecule has 0 spiro atoms. The van der Waals surface area contributed by atoms with E-state index >= 15 is 0 Å². The van der Waals surface area contributed by atoms with Crippen LogP contribution in [0.4, 0.5) is 11.6 Å². The highest BCUT2D eigenvalue weighted by molar-refractivity contribution is 7.47. The van der Waals surface area contributed by atoms with Crippen molar-refractivity contribution in [2.45, 2.75) is 49.4 Å². The van der Waals surface area contributed by atoms with Crippen molar-refractivity contribution in [1.29, 1.82) is 0 Å². The standard InChI is InChI=1S/C19H26N8O13P2/c20-11-1-2-26(19(30)25-11)12-3-8(9(38-12)4-36-41(31,32)33)40-42(34,35)37-5-10-14(28)15(29)18(39-10)27-7-24-13-16(21)22-6-23-17(13)27/h1-2,6-10,12,14-15,18,28-29H,3-5H2,(H,34,35)(H2,20,25,30)(H2,21,22,23)(H2,31,32,33)/t8-,9+,10+,12+,14?,15+,18+/m0/s1. The molecule has 2 unspecified atom stereocenters. The number of nitrogens with zero attached hydrogens (tertiary/aromatic N) is 6. The van der Waals surface area contributed by atoms with E-state index in [0.29, 0.717) is 0 Å². The fourth-order valence-electron chi connectivity index (χ4n) is 4.47. The average molecular weight is 636 g/mol. The summed E-state index contributed by atoms with van der Waals surface area (Å²) < 4.78 is 52.3. The van der Waals surface area contributed by atoms with E-state index in [1.165, 1.54) is 29.5 Å².